The molecule has 0 aliphatic heterocycles. The van der Waals surface area contributed by atoms with E-state index in [-0.39, 0.29) is 25.7 Å². The van der Waals surface area contributed by atoms with Gasteiger partial charge >= 0.3 is 39.5 Å². The third kappa shape index (κ3) is 79.9. The van der Waals surface area contributed by atoms with Crippen LogP contribution in [0.25, 0.3) is 0 Å². The summed E-state index contributed by atoms with van der Waals surface area (Å²) in [4.78, 5) is 73.2. The molecule has 0 aromatic rings. The maximum Gasteiger partial charge on any atom is 0.472 e. The van der Waals surface area contributed by atoms with Crippen LogP contribution in [0, 0.1) is 17.8 Å². The van der Waals surface area contributed by atoms with Crippen molar-refractivity contribution in [1.29, 1.82) is 0 Å². The van der Waals surface area contributed by atoms with Gasteiger partial charge in [0.25, 0.3) is 0 Å². The monoisotopic (exact) mass is 1540 g/mol. The van der Waals surface area contributed by atoms with E-state index < -0.39 is 97.5 Å². The fourth-order valence-electron chi connectivity index (χ4n) is 13.4. The molecule has 0 rings (SSSR count). The van der Waals surface area contributed by atoms with Crippen molar-refractivity contribution < 1.29 is 80.2 Å². The van der Waals surface area contributed by atoms with E-state index in [9.17, 15) is 43.2 Å². The van der Waals surface area contributed by atoms with Gasteiger partial charge in [0.05, 0.1) is 26.4 Å². The van der Waals surface area contributed by atoms with Crippen molar-refractivity contribution in [2.75, 3.05) is 39.6 Å². The molecule has 0 saturated carbocycles. The lowest BCUT2D eigenvalue weighted by atomic mass is 10.0. The molecule has 0 aromatic heterocycles. The quantitative estimate of drug-likeness (QED) is 0.0222. The Labute approximate surface area is 645 Å². The summed E-state index contributed by atoms with van der Waals surface area (Å²) in [7, 11) is -9.93. The smallest absolute Gasteiger partial charge is 0.462 e. The van der Waals surface area contributed by atoms with Gasteiger partial charge in [-0.25, -0.2) is 9.13 Å². The highest BCUT2D eigenvalue weighted by Crippen LogP contribution is 2.45. The molecule has 0 aromatic carbocycles. The van der Waals surface area contributed by atoms with Gasteiger partial charge in [-0.2, -0.15) is 0 Å². The largest absolute Gasteiger partial charge is 0.472 e. The SMILES string of the molecule is CCCCCCCCCCCCCCCCCCCCCCCC(=O)O[C@H](COC(=O)CCCCCCCCCCCCCCCCC(C)C)COP(=O)(O)OC[C@@H](O)COP(=O)(O)OC[C@@H](COC(=O)CCCCCCCCCC(C)C)OC(=O)CCCCCCCCCCCCCCCCC(C)C. The van der Waals surface area contributed by atoms with Gasteiger partial charge in [0.15, 0.2) is 12.2 Å². The van der Waals surface area contributed by atoms with E-state index >= 15 is 0 Å². The lowest BCUT2D eigenvalue weighted by Crippen LogP contribution is -2.30. The van der Waals surface area contributed by atoms with Crippen LogP contribution in [0.3, 0.4) is 0 Å². The molecular formula is C86H168O17P2. The van der Waals surface area contributed by atoms with Crippen LogP contribution in [0.1, 0.15) is 453 Å². The fraction of sp³-hybridized carbons (Fsp3) is 0.953. The van der Waals surface area contributed by atoms with E-state index in [4.69, 9.17) is 37.0 Å². The molecule has 3 N–H and O–H groups in total. The van der Waals surface area contributed by atoms with Crippen molar-refractivity contribution in [1.82, 2.24) is 0 Å². The molecule has 0 aliphatic carbocycles. The van der Waals surface area contributed by atoms with E-state index in [0.717, 1.165) is 108 Å². The summed E-state index contributed by atoms with van der Waals surface area (Å²) in [5, 5.41) is 10.7. The van der Waals surface area contributed by atoms with E-state index in [1.54, 1.807) is 0 Å². The van der Waals surface area contributed by atoms with Crippen LogP contribution in [0.15, 0.2) is 0 Å². The van der Waals surface area contributed by atoms with Gasteiger partial charge < -0.3 is 33.8 Å². The van der Waals surface area contributed by atoms with E-state index in [1.165, 1.54) is 257 Å². The first-order chi connectivity index (χ1) is 50.7. The van der Waals surface area contributed by atoms with Gasteiger partial charge in [0.2, 0.25) is 0 Å². The van der Waals surface area contributed by atoms with Gasteiger partial charge in [0, 0.05) is 25.7 Å². The fourth-order valence-corrected chi connectivity index (χ4v) is 14.9. The maximum atomic E-state index is 13.1. The number of hydrogen-bond acceptors (Lipinski definition) is 15. The number of phosphoric ester groups is 2. The Morgan fingerprint density at radius 1 is 0.257 bits per heavy atom. The number of esters is 4. The van der Waals surface area contributed by atoms with Gasteiger partial charge in [-0.15, -0.1) is 0 Å². The van der Waals surface area contributed by atoms with E-state index in [0.29, 0.717) is 31.6 Å². The second kappa shape index (κ2) is 76.1. The molecule has 17 nitrogen and oxygen atoms in total. The molecule has 0 saturated heterocycles. The predicted molar refractivity (Wildman–Crippen MR) is 432 cm³/mol. The molecule has 0 heterocycles. The van der Waals surface area contributed by atoms with Crippen molar-refractivity contribution in [3.63, 3.8) is 0 Å². The minimum Gasteiger partial charge on any atom is -0.462 e. The molecule has 2 unspecified atom stereocenters. The minimum atomic E-state index is -4.97. The Morgan fingerprint density at radius 3 is 0.648 bits per heavy atom. The first kappa shape index (κ1) is 103. The summed E-state index contributed by atoms with van der Waals surface area (Å²) in [6.07, 6.45) is 66.8. The summed E-state index contributed by atoms with van der Waals surface area (Å²) in [5.74, 6) is 0.193. The third-order valence-corrected chi connectivity index (χ3v) is 22.0. The number of rotatable bonds is 84. The molecule has 0 fully saturated rings. The number of carbonyl (C=O) groups is 4. The van der Waals surface area contributed by atoms with Crippen LogP contribution < -0.4 is 0 Å². The zero-order chi connectivity index (χ0) is 77.2. The molecule has 0 aliphatic rings. The third-order valence-electron chi connectivity index (χ3n) is 20.1. The predicted octanol–water partition coefficient (Wildman–Crippen LogP) is 26.1. The van der Waals surface area contributed by atoms with Gasteiger partial charge in [0.1, 0.15) is 19.3 Å². The Kier molecular flexibility index (Phi) is 74.7. The van der Waals surface area contributed by atoms with Crippen LogP contribution in [0.2, 0.25) is 0 Å². The van der Waals surface area contributed by atoms with Crippen molar-refractivity contribution in [2.45, 2.75) is 471 Å². The lowest BCUT2D eigenvalue weighted by molar-refractivity contribution is -0.161. The molecule has 5 atom stereocenters. The Bertz CT molecular complexity index is 2030. The van der Waals surface area contributed by atoms with E-state index in [1.807, 2.05) is 0 Å². The average molecular weight is 1540 g/mol. The molecular weight excluding hydrogens is 1370 g/mol. The number of unbranched alkanes of at least 4 members (excludes halogenated alkanes) is 52. The standard InChI is InChI=1S/C86H168O17P2/c1-8-9-10-11-12-13-14-15-16-17-18-19-20-21-22-30-35-40-47-55-62-69-85(90)102-81(73-96-83(88)67-60-53-46-39-34-29-25-23-27-32-37-43-50-57-64-77(2)3)75-100-104(92,93)98-71-80(87)72-99-105(94,95)101-76-82(74-97-84(89)68-61-54-49-42-45-52-59-66-79(6)7)103-86(91)70-63-56-48-41-36-31-26-24-28-33-38-44-51-58-65-78(4)5/h77-82,87H,8-76H2,1-7H3,(H,92,93)(H,94,95)/t80-,81-,82-/m1/s1. The number of aliphatic hydroxyl groups excluding tert-OH is 1. The highest BCUT2D eigenvalue weighted by molar-refractivity contribution is 7.47. The summed E-state index contributed by atoms with van der Waals surface area (Å²) >= 11 is 0. The summed E-state index contributed by atoms with van der Waals surface area (Å²) in [6.45, 7) is 12.0. The number of aliphatic hydroxyl groups is 1. The number of hydrogen-bond donors (Lipinski definition) is 3. The molecule has 0 radical (unpaired) electrons. The van der Waals surface area contributed by atoms with Crippen LogP contribution in [-0.4, -0.2) is 96.7 Å². The average Bonchev–Trinajstić information content (AvgIpc) is 0.909. The Morgan fingerprint density at radius 2 is 0.438 bits per heavy atom. The van der Waals surface area contributed by atoms with Crippen LogP contribution in [-0.2, 0) is 65.4 Å². The van der Waals surface area contributed by atoms with Gasteiger partial charge in [-0.3, -0.25) is 37.3 Å². The lowest BCUT2D eigenvalue weighted by Gasteiger charge is -2.21. The first-order valence-corrected chi connectivity index (χ1v) is 47.3. The number of ether oxygens (including phenoxy) is 4. The highest BCUT2D eigenvalue weighted by atomic mass is 31.2. The van der Waals surface area contributed by atoms with Crippen molar-refractivity contribution >= 4 is 39.5 Å². The topological polar surface area (TPSA) is 237 Å². The van der Waals surface area contributed by atoms with Crippen LogP contribution in [0.5, 0.6) is 0 Å². The second-order valence-corrected chi connectivity index (χ2v) is 35.3. The Balaban J connectivity index is 5.23. The van der Waals surface area contributed by atoms with Crippen molar-refractivity contribution in [3.8, 4) is 0 Å². The molecule has 0 amide bonds. The zero-order valence-electron chi connectivity index (χ0n) is 69.2. The number of phosphoric acid groups is 2. The molecule has 0 bridgehead atoms. The van der Waals surface area contributed by atoms with E-state index in [2.05, 4.69) is 48.5 Å². The van der Waals surface area contributed by atoms with Crippen LogP contribution in [0.4, 0.5) is 0 Å². The number of carbonyl (C=O) groups excluding carboxylic acids is 4. The van der Waals surface area contributed by atoms with Crippen molar-refractivity contribution in [2.24, 2.45) is 17.8 Å². The highest BCUT2D eigenvalue weighted by Gasteiger charge is 2.30. The summed E-state index contributed by atoms with van der Waals surface area (Å²) in [6, 6.07) is 0. The van der Waals surface area contributed by atoms with Crippen molar-refractivity contribution in [3.05, 3.63) is 0 Å². The summed E-state index contributed by atoms with van der Waals surface area (Å²) in [5.41, 5.74) is 0. The molecule has 105 heavy (non-hydrogen) atoms. The maximum absolute atomic E-state index is 13.1. The molecule has 19 heteroatoms. The zero-order valence-corrected chi connectivity index (χ0v) is 71.0. The summed E-state index contributed by atoms with van der Waals surface area (Å²) < 4.78 is 68.9. The Hall–Kier alpha value is -1.94. The minimum absolute atomic E-state index is 0.107. The first-order valence-electron chi connectivity index (χ1n) is 44.3. The normalized spacial score (nSPS) is 13.9. The second-order valence-electron chi connectivity index (χ2n) is 32.4. The van der Waals surface area contributed by atoms with Gasteiger partial charge in [-0.05, 0) is 43.4 Å². The van der Waals surface area contributed by atoms with Crippen LogP contribution >= 0.6 is 15.6 Å². The molecule has 0 spiro atoms. The molecule has 624 valence electrons. The van der Waals surface area contributed by atoms with Gasteiger partial charge in [-0.1, -0.05) is 402 Å².